The molecule has 0 aromatic carbocycles. The van der Waals surface area contributed by atoms with Gasteiger partial charge in [0.1, 0.15) is 18.0 Å². The van der Waals surface area contributed by atoms with Gasteiger partial charge in [-0.1, -0.05) is 6.92 Å². The molecule has 1 aromatic rings. The molecule has 0 unspecified atom stereocenters. The van der Waals surface area contributed by atoms with Gasteiger partial charge in [-0.15, -0.1) is 0 Å². The second-order valence-corrected chi connectivity index (χ2v) is 5.88. The van der Waals surface area contributed by atoms with Crippen molar-refractivity contribution in [2.75, 3.05) is 35.2 Å². The van der Waals surface area contributed by atoms with Gasteiger partial charge in [0.05, 0.1) is 0 Å². The maximum Gasteiger partial charge on any atom is 0.131 e. The molecule has 0 atom stereocenters. The van der Waals surface area contributed by atoms with E-state index in [2.05, 4.69) is 39.3 Å². The molecule has 1 aromatic heterocycles. The van der Waals surface area contributed by atoms with Crippen LogP contribution < -0.4 is 10.6 Å². The Kier molecular flexibility index (Phi) is 5.58. The van der Waals surface area contributed by atoms with Crippen LogP contribution in [0.1, 0.15) is 26.2 Å². The SMILES string of the molecule is CCCNc1cc(NCC2CCSCC2)ncn1. The molecule has 18 heavy (non-hydrogen) atoms. The van der Waals surface area contributed by atoms with Crippen LogP contribution in [0.4, 0.5) is 11.6 Å². The number of nitrogens with one attached hydrogen (secondary N) is 2. The largest absolute Gasteiger partial charge is 0.370 e. The highest BCUT2D eigenvalue weighted by Crippen LogP contribution is 2.22. The Balaban J connectivity index is 1.80. The lowest BCUT2D eigenvalue weighted by Crippen LogP contribution is -2.19. The fourth-order valence-electron chi connectivity index (χ4n) is 2.00. The molecule has 0 spiro atoms. The molecule has 0 aliphatic carbocycles. The van der Waals surface area contributed by atoms with Crippen LogP contribution in [0.15, 0.2) is 12.4 Å². The number of hydrogen-bond acceptors (Lipinski definition) is 5. The van der Waals surface area contributed by atoms with E-state index >= 15 is 0 Å². The molecular weight excluding hydrogens is 244 g/mol. The van der Waals surface area contributed by atoms with Crippen molar-refractivity contribution in [3.8, 4) is 0 Å². The average Bonchev–Trinajstić information content (AvgIpc) is 2.44. The molecule has 1 fully saturated rings. The van der Waals surface area contributed by atoms with E-state index in [1.165, 1.54) is 24.3 Å². The van der Waals surface area contributed by atoms with Gasteiger partial charge in [0, 0.05) is 19.2 Å². The molecule has 0 amide bonds. The fraction of sp³-hybridized carbons (Fsp3) is 0.692. The monoisotopic (exact) mass is 266 g/mol. The van der Waals surface area contributed by atoms with Crippen LogP contribution >= 0.6 is 11.8 Å². The van der Waals surface area contributed by atoms with Crippen molar-refractivity contribution in [1.29, 1.82) is 0 Å². The Hall–Kier alpha value is -0.970. The minimum atomic E-state index is 0.799. The number of hydrogen-bond donors (Lipinski definition) is 2. The molecule has 2 heterocycles. The first-order chi connectivity index (χ1) is 8.88. The van der Waals surface area contributed by atoms with Gasteiger partial charge in [0.2, 0.25) is 0 Å². The van der Waals surface area contributed by atoms with Crippen molar-refractivity contribution in [1.82, 2.24) is 9.97 Å². The van der Waals surface area contributed by atoms with Crippen molar-refractivity contribution in [2.45, 2.75) is 26.2 Å². The summed E-state index contributed by atoms with van der Waals surface area (Å²) in [5.41, 5.74) is 0. The van der Waals surface area contributed by atoms with Gasteiger partial charge >= 0.3 is 0 Å². The number of rotatable bonds is 6. The van der Waals surface area contributed by atoms with Crippen LogP contribution in [0.2, 0.25) is 0 Å². The van der Waals surface area contributed by atoms with Gasteiger partial charge < -0.3 is 10.6 Å². The van der Waals surface area contributed by atoms with Crippen molar-refractivity contribution < 1.29 is 0 Å². The van der Waals surface area contributed by atoms with Gasteiger partial charge in [0.15, 0.2) is 0 Å². The molecule has 0 bridgehead atoms. The molecule has 4 nitrogen and oxygen atoms in total. The van der Waals surface area contributed by atoms with Crippen molar-refractivity contribution in [3.05, 3.63) is 12.4 Å². The van der Waals surface area contributed by atoms with Crippen LogP contribution in [0.25, 0.3) is 0 Å². The zero-order valence-electron chi connectivity index (χ0n) is 11.0. The first kappa shape index (κ1) is 13.5. The highest BCUT2D eigenvalue weighted by Gasteiger charge is 2.13. The lowest BCUT2D eigenvalue weighted by atomic mass is 10.0. The lowest BCUT2D eigenvalue weighted by molar-refractivity contribution is 0.515. The van der Waals surface area contributed by atoms with Crippen LogP contribution in [-0.2, 0) is 0 Å². The fourth-order valence-corrected chi connectivity index (χ4v) is 3.21. The minimum absolute atomic E-state index is 0.799. The first-order valence-corrected chi connectivity index (χ1v) is 7.91. The van der Waals surface area contributed by atoms with Gasteiger partial charge in [-0.25, -0.2) is 9.97 Å². The van der Waals surface area contributed by atoms with Crippen LogP contribution in [0.3, 0.4) is 0 Å². The highest BCUT2D eigenvalue weighted by atomic mass is 32.2. The Morgan fingerprint density at radius 1 is 1.22 bits per heavy atom. The van der Waals surface area contributed by atoms with Gasteiger partial charge in [0.25, 0.3) is 0 Å². The third-order valence-electron chi connectivity index (χ3n) is 3.14. The summed E-state index contributed by atoms with van der Waals surface area (Å²) in [6, 6.07) is 1.99. The topological polar surface area (TPSA) is 49.8 Å². The van der Waals surface area contributed by atoms with Crippen molar-refractivity contribution in [2.24, 2.45) is 5.92 Å². The molecule has 5 heteroatoms. The zero-order valence-corrected chi connectivity index (χ0v) is 11.8. The Labute approximate surface area is 113 Å². The third-order valence-corrected chi connectivity index (χ3v) is 4.18. The van der Waals surface area contributed by atoms with E-state index in [0.29, 0.717) is 0 Å². The van der Waals surface area contributed by atoms with E-state index in [1.54, 1.807) is 6.33 Å². The van der Waals surface area contributed by atoms with Crippen LogP contribution in [0, 0.1) is 5.92 Å². The number of anilines is 2. The smallest absolute Gasteiger partial charge is 0.131 e. The van der Waals surface area contributed by atoms with Gasteiger partial charge in [-0.2, -0.15) is 11.8 Å². The Morgan fingerprint density at radius 2 is 1.94 bits per heavy atom. The predicted molar refractivity (Wildman–Crippen MR) is 79.4 cm³/mol. The van der Waals surface area contributed by atoms with Crippen molar-refractivity contribution in [3.63, 3.8) is 0 Å². The predicted octanol–water partition coefficient (Wildman–Crippen LogP) is 2.85. The van der Waals surface area contributed by atoms with Gasteiger partial charge in [-0.05, 0) is 36.7 Å². The van der Waals surface area contributed by atoms with E-state index in [9.17, 15) is 0 Å². The molecule has 2 rings (SSSR count). The molecule has 1 saturated heterocycles. The number of aromatic nitrogens is 2. The van der Waals surface area contributed by atoms with Crippen LogP contribution in [0.5, 0.6) is 0 Å². The second-order valence-electron chi connectivity index (χ2n) is 4.65. The molecule has 1 aliphatic rings. The standard InChI is InChI=1S/C13H22N4S/c1-2-5-14-12-8-13(17-10-16-12)15-9-11-3-6-18-7-4-11/h8,10-11H,2-7,9H2,1H3,(H2,14,15,16,17). The summed E-state index contributed by atoms with van der Waals surface area (Å²) in [6.45, 7) is 4.13. The Morgan fingerprint density at radius 3 is 2.67 bits per heavy atom. The summed E-state index contributed by atoms with van der Waals surface area (Å²) >= 11 is 2.07. The zero-order chi connectivity index (χ0) is 12.6. The first-order valence-electron chi connectivity index (χ1n) is 6.76. The molecule has 100 valence electrons. The summed E-state index contributed by atoms with van der Waals surface area (Å²) in [4.78, 5) is 8.47. The van der Waals surface area contributed by atoms with E-state index in [-0.39, 0.29) is 0 Å². The number of nitrogens with zero attached hydrogens (tertiary/aromatic N) is 2. The molecule has 2 N–H and O–H groups in total. The molecule has 0 saturated carbocycles. The maximum absolute atomic E-state index is 4.26. The van der Waals surface area contributed by atoms with E-state index < -0.39 is 0 Å². The average molecular weight is 266 g/mol. The number of thioether (sulfide) groups is 1. The Bertz CT molecular complexity index is 353. The highest BCUT2D eigenvalue weighted by molar-refractivity contribution is 7.99. The molecule has 1 aliphatic heterocycles. The summed E-state index contributed by atoms with van der Waals surface area (Å²) in [7, 11) is 0. The second kappa shape index (κ2) is 7.46. The van der Waals surface area contributed by atoms with Gasteiger partial charge in [-0.3, -0.25) is 0 Å². The summed E-state index contributed by atoms with van der Waals surface area (Å²) < 4.78 is 0. The van der Waals surface area contributed by atoms with E-state index in [0.717, 1.165) is 37.1 Å². The summed E-state index contributed by atoms with van der Waals surface area (Å²) in [5.74, 6) is 5.25. The maximum atomic E-state index is 4.26. The van der Waals surface area contributed by atoms with E-state index in [1.807, 2.05) is 6.07 Å². The van der Waals surface area contributed by atoms with Crippen LogP contribution in [-0.4, -0.2) is 34.6 Å². The minimum Gasteiger partial charge on any atom is -0.370 e. The quantitative estimate of drug-likeness (QED) is 0.829. The summed E-state index contributed by atoms with van der Waals surface area (Å²) in [5, 5.41) is 6.71. The van der Waals surface area contributed by atoms with Crippen molar-refractivity contribution >= 4 is 23.4 Å². The molecular formula is C13H22N4S. The molecule has 0 radical (unpaired) electrons. The lowest BCUT2D eigenvalue weighted by Gasteiger charge is -2.21. The summed E-state index contributed by atoms with van der Waals surface area (Å²) in [6.07, 6.45) is 5.37. The normalized spacial score (nSPS) is 16.5. The third kappa shape index (κ3) is 4.37. The van der Waals surface area contributed by atoms with E-state index in [4.69, 9.17) is 0 Å².